The van der Waals surface area contributed by atoms with Crippen molar-refractivity contribution in [3.8, 4) is 0 Å². The molecule has 0 atom stereocenters. The number of hydrogen-bond donors (Lipinski definition) is 0. The van der Waals surface area contributed by atoms with Gasteiger partial charge >= 0.3 is 0 Å². The van der Waals surface area contributed by atoms with Crippen LogP contribution in [0.25, 0.3) is 0 Å². The maximum atomic E-state index is 4.34. The van der Waals surface area contributed by atoms with Gasteiger partial charge in [0.1, 0.15) is 0 Å². The molecule has 0 aromatic heterocycles. The number of nitrogens with zero attached hydrogens (tertiary/aromatic N) is 1. The predicted molar refractivity (Wildman–Crippen MR) is 42.9 cm³/mol. The summed E-state index contributed by atoms with van der Waals surface area (Å²) < 4.78 is 0. The summed E-state index contributed by atoms with van der Waals surface area (Å²) in [5, 5.41) is 0. The van der Waals surface area contributed by atoms with Crippen LogP contribution < -0.4 is 0 Å². The molecule has 1 radical (unpaired) electrons. The molecule has 0 heterocycles. The van der Waals surface area contributed by atoms with Crippen LogP contribution in [-0.4, -0.2) is 12.3 Å². The Labute approximate surface area is 58.2 Å². The average molecular weight is 126 g/mol. The van der Waals surface area contributed by atoms with E-state index in [0.717, 1.165) is 19.4 Å². The highest BCUT2D eigenvalue weighted by atomic mass is 14.7. The van der Waals surface area contributed by atoms with Gasteiger partial charge in [-0.3, -0.25) is 4.99 Å². The van der Waals surface area contributed by atoms with Crippen molar-refractivity contribution in [2.75, 3.05) is 6.54 Å². The Morgan fingerprint density at radius 1 is 1.44 bits per heavy atom. The molecule has 0 saturated carbocycles. The van der Waals surface area contributed by atoms with E-state index in [0.29, 0.717) is 0 Å². The third-order valence-electron chi connectivity index (χ3n) is 1.23. The van der Waals surface area contributed by atoms with Crippen LogP contribution in [0.2, 0.25) is 0 Å². The smallest absolute Gasteiger partial charge is 0.0386 e. The van der Waals surface area contributed by atoms with Crippen molar-refractivity contribution >= 4 is 5.71 Å². The SMILES string of the molecule is C[CH]/C(CC)=N\CCC. The van der Waals surface area contributed by atoms with Crippen LogP contribution in [0.4, 0.5) is 0 Å². The van der Waals surface area contributed by atoms with Crippen molar-refractivity contribution < 1.29 is 0 Å². The molecule has 0 rings (SSSR count). The van der Waals surface area contributed by atoms with Gasteiger partial charge in [-0.1, -0.05) is 20.8 Å². The van der Waals surface area contributed by atoms with Gasteiger partial charge in [0.15, 0.2) is 0 Å². The third kappa shape index (κ3) is 4.19. The lowest BCUT2D eigenvalue weighted by Gasteiger charge is -1.96. The summed E-state index contributed by atoms with van der Waals surface area (Å²) in [6.45, 7) is 7.30. The van der Waals surface area contributed by atoms with Crippen molar-refractivity contribution in [1.82, 2.24) is 0 Å². The second-order valence-corrected chi connectivity index (χ2v) is 2.02. The maximum absolute atomic E-state index is 4.34. The molecule has 0 unspecified atom stereocenters. The largest absolute Gasteiger partial charge is 0.294 e. The molecule has 0 N–H and O–H groups in total. The zero-order valence-corrected chi connectivity index (χ0v) is 6.65. The highest BCUT2D eigenvalue weighted by molar-refractivity contribution is 5.91. The minimum atomic E-state index is 0.980. The van der Waals surface area contributed by atoms with Crippen LogP contribution in [0.1, 0.15) is 33.6 Å². The first-order valence-electron chi connectivity index (χ1n) is 3.67. The molecule has 0 amide bonds. The average Bonchev–Trinajstić information content (AvgIpc) is 1.91. The third-order valence-corrected chi connectivity index (χ3v) is 1.23. The number of aliphatic imine (C=N–C) groups is 1. The van der Waals surface area contributed by atoms with Crippen molar-refractivity contribution in [3.63, 3.8) is 0 Å². The van der Waals surface area contributed by atoms with E-state index in [-0.39, 0.29) is 0 Å². The molecule has 0 fully saturated rings. The molecule has 0 aliphatic rings. The lowest BCUT2D eigenvalue weighted by molar-refractivity contribution is 0.925. The quantitative estimate of drug-likeness (QED) is 0.513. The van der Waals surface area contributed by atoms with Crippen LogP contribution in [0.3, 0.4) is 0 Å². The van der Waals surface area contributed by atoms with Gasteiger partial charge in [0.25, 0.3) is 0 Å². The molecule has 53 valence electrons. The van der Waals surface area contributed by atoms with E-state index in [1.165, 1.54) is 5.71 Å². The van der Waals surface area contributed by atoms with E-state index in [9.17, 15) is 0 Å². The predicted octanol–water partition coefficient (Wildman–Crippen LogP) is 2.47. The van der Waals surface area contributed by atoms with Gasteiger partial charge in [-0.25, -0.2) is 0 Å². The first-order valence-corrected chi connectivity index (χ1v) is 3.67. The Kier molecular flexibility index (Phi) is 5.59. The van der Waals surface area contributed by atoms with Crippen molar-refractivity contribution in [2.45, 2.75) is 33.6 Å². The molecule has 0 bridgehead atoms. The van der Waals surface area contributed by atoms with Gasteiger partial charge < -0.3 is 0 Å². The van der Waals surface area contributed by atoms with Gasteiger partial charge in [-0.15, -0.1) is 0 Å². The molecule has 9 heavy (non-hydrogen) atoms. The van der Waals surface area contributed by atoms with E-state index in [1.54, 1.807) is 0 Å². The lowest BCUT2D eigenvalue weighted by Crippen LogP contribution is -1.95. The fourth-order valence-electron chi connectivity index (χ4n) is 0.663. The lowest BCUT2D eigenvalue weighted by atomic mass is 10.2. The standard InChI is InChI=1S/C8H16N/c1-4-7-9-8(5-2)6-3/h5H,4,6-7H2,1-3H3/b9-8+. The molecule has 1 heteroatoms. The Balaban J connectivity index is 3.48. The van der Waals surface area contributed by atoms with E-state index in [1.807, 2.05) is 6.92 Å². The minimum absolute atomic E-state index is 0.980. The second kappa shape index (κ2) is 5.80. The minimum Gasteiger partial charge on any atom is -0.294 e. The molecule has 0 aromatic carbocycles. The molecule has 0 aliphatic heterocycles. The van der Waals surface area contributed by atoms with Crippen molar-refractivity contribution in [1.29, 1.82) is 0 Å². The van der Waals surface area contributed by atoms with Gasteiger partial charge in [-0.2, -0.15) is 0 Å². The van der Waals surface area contributed by atoms with Gasteiger partial charge in [0, 0.05) is 18.7 Å². The first-order chi connectivity index (χ1) is 4.35. The molecule has 0 spiro atoms. The van der Waals surface area contributed by atoms with Gasteiger partial charge in [0.05, 0.1) is 0 Å². The number of hydrogen-bond acceptors (Lipinski definition) is 1. The number of rotatable bonds is 4. The zero-order chi connectivity index (χ0) is 7.11. The fraction of sp³-hybridized carbons (Fsp3) is 0.750. The van der Waals surface area contributed by atoms with E-state index in [4.69, 9.17) is 0 Å². The van der Waals surface area contributed by atoms with Gasteiger partial charge in [-0.05, 0) is 12.8 Å². The summed E-state index contributed by atoms with van der Waals surface area (Å²) in [4.78, 5) is 4.34. The van der Waals surface area contributed by atoms with Crippen LogP contribution in [0.5, 0.6) is 0 Å². The monoisotopic (exact) mass is 126 g/mol. The topological polar surface area (TPSA) is 12.4 Å². The Hall–Kier alpha value is -0.330. The molecule has 1 nitrogen and oxygen atoms in total. The first kappa shape index (κ1) is 8.67. The summed E-state index contributed by atoms with van der Waals surface area (Å²) in [6.07, 6.45) is 4.30. The summed E-state index contributed by atoms with van der Waals surface area (Å²) >= 11 is 0. The van der Waals surface area contributed by atoms with Crippen LogP contribution in [0, 0.1) is 6.42 Å². The van der Waals surface area contributed by atoms with Gasteiger partial charge in [0.2, 0.25) is 0 Å². The highest BCUT2D eigenvalue weighted by Crippen LogP contribution is 1.91. The molecule has 0 saturated heterocycles. The van der Waals surface area contributed by atoms with E-state index in [2.05, 4.69) is 25.3 Å². The summed E-state index contributed by atoms with van der Waals surface area (Å²) in [5.74, 6) is 0. The Morgan fingerprint density at radius 3 is 2.44 bits per heavy atom. The van der Waals surface area contributed by atoms with Crippen molar-refractivity contribution in [3.05, 3.63) is 6.42 Å². The Bertz CT molecular complexity index is 78.6. The highest BCUT2D eigenvalue weighted by Gasteiger charge is 1.88. The second-order valence-electron chi connectivity index (χ2n) is 2.02. The summed E-state index contributed by atoms with van der Waals surface area (Å²) in [7, 11) is 0. The van der Waals surface area contributed by atoms with E-state index < -0.39 is 0 Å². The molecule has 0 aliphatic carbocycles. The molecule has 0 aromatic rings. The normalized spacial score (nSPS) is 12.1. The summed E-state index contributed by atoms with van der Waals surface area (Å²) in [5.41, 5.74) is 1.23. The fourth-order valence-corrected chi connectivity index (χ4v) is 0.663. The van der Waals surface area contributed by atoms with Crippen LogP contribution in [-0.2, 0) is 0 Å². The molecular formula is C8H16N. The van der Waals surface area contributed by atoms with Crippen LogP contribution in [0.15, 0.2) is 4.99 Å². The van der Waals surface area contributed by atoms with Crippen molar-refractivity contribution in [2.24, 2.45) is 4.99 Å². The van der Waals surface area contributed by atoms with E-state index >= 15 is 0 Å². The Morgan fingerprint density at radius 2 is 2.11 bits per heavy atom. The maximum Gasteiger partial charge on any atom is 0.0386 e. The zero-order valence-electron chi connectivity index (χ0n) is 6.65. The van der Waals surface area contributed by atoms with Crippen LogP contribution >= 0.6 is 0 Å². The summed E-state index contributed by atoms with van der Waals surface area (Å²) in [6, 6.07) is 0. The molecular weight excluding hydrogens is 110 g/mol.